The van der Waals surface area contributed by atoms with Crippen LogP contribution in [0.1, 0.15) is 39.8 Å². The summed E-state index contributed by atoms with van der Waals surface area (Å²) in [6.45, 7) is 6.71. The first-order valence-electron chi connectivity index (χ1n) is 11.3. The summed E-state index contributed by atoms with van der Waals surface area (Å²) in [5.41, 5.74) is 5.72. The standard InChI is InChI=1S/C29H27N3O2/c1-4-34-27-17-15-26(16-18-27)32-21(2)19-25(22(32)3)20-30-31-28(23-11-7-5-8-12-23)29(33)24-13-9-6-10-14-24/h5-20H,4H2,1-3H3. The second-order valence-corrected chi connectivity index (χ2v) is 7.84. The average molecular weight is 450 g/mol. The van der Waals surface area contributed by atoms with Gasteiger partial charge in [0.15, 0.2) is 0 Å². The zero-order valence-corrected chi connectivity index (χ0v) is 19.6. The number of carbonyl (C=O) groups is 1. The van der Waals surface area contributed by atoms with Crippen molar-refractivity contribution < 1.29 is 9.53 Å². The zero-order valence-electron chi connectivity index (χ0n) is 19.6. The normalized spacial score (nSPS) is 11.7. The summed E-state index contributed by atoms with van der Waals surface area (Å²) >= 11 is 0. The van der Waals surface area contributed by atoms with Gasteiger partial charge in [0, 0.05) is 33.8 Å². The zero-order chi connectivity index (χ0) is 23.9. The summed E-state index contributed by atoms with van der Waals surface area (Å²) in [6, 6.07) is 28.6. The molecule has 34 heavy (non-hydrogen) atoms. The van der Waals surface area contributed by atoms with Crippen molar-refractivity contribution in [2.45, 2.75) is 20.8 Å². The Morgan fingerprint density at radius 1 is 0.882 bits per heavy atom. The van der Waals surface area contributed by atoms with Gasteiger partial charge in [-0.15, -0.1) is 5.10 Å². The number of rotatable bonds is 8. The van der Waals surface area contributed by atoms with Crippen LogP contribution < -0.4 is 4.74 Å². The number of aromatic nitrogens is 1. The largest absolute Gasteiger partial charge is 0.494 e. The number of aryl methyl sites for hydroxylation is 1. The molecule has 0 aliphatic heterocycles. The van der Waals surface area contributed by atoms with Crippen molar-refractivity contribution in [1.29, 1.82) is 0 Å². The Kier molecular flexibility index (Phi) is 7.13. The molecule has 0 radical (unpaired) electrons. The maximum atomic E-state index is 13.2. The highest BCUT2D eigenvalue weighted by Crippen LogP contribution is 2.22. The van der Waals surface area contributed by atoms with Crippen LogP contribution in [0.4, 0.5) is 0 Å². The Balaban J connectivity index is 1.65. The highest BCUT2D eigenvalue weighted by molar-refractivity contribution is 6.51. The van der Waals surface area contributed by atoms with Crippen LogP contribution in [-0.4, -0.2) is 28.9 Å². The van der Waals surface area contributed by atoms with Gasteiger partial charge in [-0.25, -0.2) is 0 Å². The molecular formula is C29H27N3O2. The lowest BCUT2D eigenvalue weighted by Gasteiger charge is -2.10. The minimum Gasteiger partial charge on any atom is -0.494 e. The van der Waals surface area contributed by atoms with Crippen molar-refractivity contribution in [2.24, 2.45) is 10.2 Å². The lowest BCUT2D eigenvalue weighted by molar-refractivity contribution is 0.106. The first kappa shape index (κ1) is 22.9. The number of hydrogen-bond acceptors (Lipinski definition) is 4. The molecule has 0 atom stereocenters. The topological polar surface area (TPSA) is 55.9 Å². The van der Waals surface area contributed by atoms with Crippen LogP contribution >= 0.6 is 0 Å². The molecule has 0 bridgehead atoms. The SMILES string of the molecule is CCOc1ccc(-n2c(C)cc(C=NN=C(C(=O)c3ccccc3)c3ccccc3)c2C)cc1. The van der Waals surface area contributed by atoms with E-state index in [1.165, 1.54) is 0 Å². The van der Waals surface area contributed by atoms with Gasteiger partial charge < -0.3 is 9.30 Å². The maximum Gasteiger partial charge on any atom is 0.213 e. The first-order chi connectivity index (χ1) is 16.6. The quantitative estimate of drug-likeness (QED) is 0.183. The molecule has 0 aliphatic carbocycles. The molecule has 0 saturated carbocycles. The van der Waals surface area contributed by atoms with Gasteiger partial charge in [-0.1, -0.05) is 60.7 Å². The van der Waals surface area contributed by atoms with Crippen LogP contribution in [0.5, 0.6) is 5.75 Å². The van der Waals surface area contributed by atoms with Crippen LogP contribution in [0.15, 0.2) is 101 Å². The summed E-state index contributed by atoms with van der Waals surface area (Å²) in [4.78, 5) is 13.2. The third-order valence-corrected chi connectivity index (χ3v) is 5.53. The predicted molar refractivity (Wildman–Crippen MR) is 138 cm³/mol. The molecule has 4 aromatic rings. The summed E-state index contributed by atoms with van der Waals surface area (Å²) in [5, 5.41) is 8.68. The number of ether oxygens (including phenoxy) is 1. The monoisotopic (exact) mass is 449 g/mol. The van der Waals surface area contributed by atoms with E-state index >= 15 is 0 Å². The first-order valence-corrected chi connectivity index (χ1v) is 11.3. The number of carbonyl (C=O) groups excluding carboxylic acids is 1. The minimum atomic E-state index is -0.163. The van der Waals surface area contributed by atoms with Crippen molar-refractivity contribution in [3.8, 4) is 11.4 Å². The Labute approximate surface area is 200 Å². The fraction of sp³-hybridized carbons (Fsp3) is 0.138. The van der Waals surface area contributed by atoms with Crippen LogP contribution in [0, 0.1) is 13.8 Å². The summed E-state index contributed by atoms with van der Waals surface area (Å²) in [6.07, 6.45) is 1.70. The van der Waals surface area contributed by atoms with Crippen molar-refractivity contribution >= 4 is 17.7 Å². The molecule has 5 nitrogen and oxygen atoms in total. The van der Waals surface area contributed by atoms with Crippen molar-refractivity contribution in [2.75, 3.05) is 6.61 Å². The molecular weight excluding hydrogens is 422 g/mol. The molecule has 3 aromatic carbocycles. The van der Waals surface area contributed by atoms with Crippen LogP contribution in [0.25, 0.3) is 5.69 Å². The molecule has 0 unspecified atom stereocenters. The van der Waals surface area contributed by atoms with Gasteiger partial charge in [-0.2, -0.15) is 5.10 Å². The Hall–Kier alpha value is -4.25. The number of benzene rings is 3. The van der Waals surface area contributed by atoms with Crippen molar-refractivity contribution in [1.82, 2.24) is 4.57 Å². The third kappa shape index (κ3) is 5.04. The van der Waals surface area contributed by atoms with Gasteiger partial charge in [0.25, 0.3) is 0 Å². The second kappa shape index (κ2) is 10.6. The second-order valence-electron chi connectivity index (χ2n) is 7.84. The molecule has 0 saturated heterocycles. The van der Waals surface area contributed by atoms with Crippen molar-refractivity contribution in [3.63, 3.8) is 0 Å². The molecule has 0 amide bonds. The lowest BCUT2D eigenvalue weighted by atomic mass is 10.0. The van der Waals surface area contributed by atoms with Gasteiger partial charge in [0.1, 0.15) is 11.5 Å². The molecule has 0 N–H and O–H groups in total. The molecule has 0 fully saturated rings. The molecule has 4 rings (SSSR count). The molecule has 1 aromatic heterocycles. The fourth-order valence-corrected chi connectivity index (χ4v) is 3.88. The maximum absolute atomic E-state index is 13.2. The van der Waals surface area contributed by atoms with Crippen LogP contribution in [0.2, 0.25) is 0 Å². The summed E-state index contributed by atoms with van der Waals surface area (Å²) in [7, 11) is 0. The highest BCUT2D eigenvalue weighted by Gasteiger charge is 2.16. The van der Waals surface area contributed by atoms with Gasteiger partial charge in [-0.05, 0) is 51.1 Å². The van der Waals surface area contributed by atoms with Crippen molar-refractivity contribution in [3.05, 3.63) is 119 Å². The third-order valence-electron chi connectivity index (χ3n) is 5.53. The van der Waals surface area contributed by atoms with E-state index in [1.54, 1.807) is 18.3 Å². The fourth-order valence-electron chi connectivity index (χ4n) is 3.88. The van der Waals surface area contributed by atoms with E-state index < -0.39 is 0 Å². The smallest absolute Gasteiger partial charge is 0.213 e. The van der Waals surface area contributed by atoms with Gasteiger partial charge in [0.05, 0.1) is 12.8 Å². The van der Waals surface area contributed by atoms with Gasteiger partial charge in [-0.3, -0.25) is 4.79 Å². The summed E-state index contributed by atoms with van der Waals surface area (Å²) in [5.74, 6) is 0.685. The van der Waals surface area contributed by atoms with Gasteiger partial charge >= 0.3 is 0 Å². The lowest BCUT2D eigenvalue weighted by Crippen LogP contribution is -2.15. The van der Waals surface area contributed by atoms with E-state index in [9.17, 15) is 4.79 Å². The van der Waals surface area contributed by atoms with E-state index in [4.69, 9.17) is 4.74 Å². The summed E-state index contributed by atoms with van der Waals surface area (Å²) < 4.78 is 7.71. The number of hydrogen-bond donors (Lipinski definition) is 0. The van der Waals surface area contributed by atoms with Crippen LogP contribution in [0.3, 0.4) is 0 Å². The highest BCUT2D eigenvalue weighted by atomic mass is 16.5. The molecule has 170 valence electrons. The van der Waals surface area contributed by atoms with E-state index in [1.807, 2.05) is 86.6 Å². The van der Waals surface area contributed by atoms with Gasteiger partial charge in [0.2, 0.25) is 5.78 Å². The molecule has 0 spiro atoms. The molecule has 1 heterocycles. The van der Waals surface area contributed by atoms with E-state index in [-0.39, 0.29) is 5.78 Å². The van der Waals surface area contributed by atoms with E-state index in [0.29, 0.717) is 17.9 Å². The number of Topliss-reactive ketones (excluding diaryl/α,β-unsaturated/α-hetero) is 1. The molecule has 0 aliphatic rings. The van der Waals surface area contributed by atoms with Crippen LogP contribution in [-0.2, 0) is 0 Å². The number of ketones is 1. The Bertz CT molecular complexity index is 1320. The Morgan fingerprint density at radius 3 is 2.12 bits per heavy atom. The predicted octanol–water partition coefficient (Wildman–Crippen LogP) is 6.20. The Morgan fingerprint density at radius 2 is 1.50 bits per heavy atom. The minimum absolute atomic E-state index is 0.163. The van der Waals surface area contributed by atoms with E-state index in [0.717, 1.165) is 34.0 Å². The van der Waals surface area contributed by atoms with E-state index in [2.05, 4.69) is 27.8 Å². The molecule has 5 heteroatoms. The number of nitrogens with zero attached hydrogens (tertiary/aromatic N) is 3. The average Bonchev–Trinajstić information content (AvgIpc) is 3.16.